The standard InChI is InChI=1S/C38H27F2N7O/c1-41-37-44-43-36(48-37)33-22-42-34-20-17-25(23-46(33)34)31-24-47(45-35(31)30-19-18-29(39)21-32(30)40)38(26-11-5-2-6-12-26,27-13-7-3-8-14-27)28-15-9-4-10-16-28/h2-24H,1H3,(H,41,44). The molecule has 0 atom stereocenters. The number of imidazole rings is 1. The molecule has 8 nitrogen and oxygen atoms in total. The van der Waals surface area contributed by atoms with Crippen LogP contribution in [0, 0.1) is 11.6 Å². The van der Waals surface area contributed by atoms with Gasteiger partial charge < -0.3 is 9.73 Å². The van der Waals surface area contributed by atoms with E-state index in [-0.39, 0.29) is 17.5 Å². The predicted molar refractivity (Wildman–Crippen MR) is 179 cm³/mol. The quantitative estimate of drug-likeness (QED) is 0.170. The number of halogens is 2. The molecule has 0 saturated heterocycles. The zero-order chi connectivity index (χ0) is 32.7. The molecule has 0 aliphatic carbocycles. The van der Waals surface area contributed by atoms with Gasteiger partial charge in [0.2, 0.25) is 0 Å². The SMILES string of the molecule is CNc1nnc(-c2cnc3ccc(-c4cn(C(c5ccccc5)(c5ccccc5)c5ccccc5)nc4-c4ccc(F)cc4F)cn23)o1. The molecule has 4 aromatic carbocycles. The highest BCUT2D eigenvalue weighted by Crippen LogP contribution is 2.43. The van der Waals surface area contributed by atoms with Crippen molar-refractivity contribution in [3.05, 3.63) is 168 Å². The molecule has 0 fully saturated rings. The van der Waals surface area contributed by atoms with Crippen LogP contribution >= 0.6 is 0 Å². The van der Waals surface area contributed by atoms with E-state index in [2.05, 4.69) is 56.9 Å². The number of fused-ring (bicyclic) bond motifs is 1. The molecule has 0 saturated carbocycles. The summed E-state index contributed by atoms with van der Waals surface area (Å²) < 4.78 is 39.4. The Morgan fingerprint density at radius 1 is 0.708 bits per heavy atom. The Labute approximate surface area is 274 Å². The van der Waals surface area contributed by atoms with Crippen molar-refractivity contribution in [2.75, 3.05) is 12.4 Å². The average Bonchev–Trinajstić information content (AvgIpc) is 3.89. The second-order valence-electron chi connectivity index (χ2n) is 11.2. The van der Waals surface area contributed by atoms with Crippen molar-refractivity contribution in [2.45, 2.75) is 5.54 Å². The number of hydrogen-bond acceptors (Lipinski definition) is 6. The van der Waals surface area contributed by atoms with E-state index in [9.17, 15) is 4.39 Å². The fourth-order valence-electron chi connectivity index (χ4n) is 6.30. The molecule has 1 N–H and O–H groups in total. The van der Waals surface area contributed by atoms with Gasteiger partial charge in [-0.25, -0.2) is 13.8 Å². The minimum Gasteiger partial charge on any atom is -0.402 e. The van der Waals surface area contributed by atoms with E-state index < -0.39 is 17.2 Å². The number of anilines is 1. The summed E-state index contributed by atoms with van der Waals surface area (Å²) in [7, 11) is 1.69. The van der Waals surface area contributed by atoms with Gasteiger partial charge in [0.15, 0.2) is 0 Å². The van der Waals surface area contributed by atoms with Gasteiger partial charge in [-0.2, -0.15) is 5.10 Å². The molecule has 0 unspecified atom stereocenters. The molecule has 0 aliphatic rings. The summed E-state index contributed by atoms with van der Waals surface area (Å²) in [6.07, 6.45) is 5.46. The molecule has 8 rings (SSSR count). The Hall–Kier alpha value is -6.42. The summed E-state index contributed by atoms with van der Waals surface area (Å²) in [4.78, 5) is 4.53. The fraction of sp³-hybridized carbons (Fsp3) is 0.0526. The Bertz CT molecular complexity index is 2270. The number of benzene rings is 4. The third kappa shape index (κ3) is 4.73. The lowest BCUT2D eigenvalue weighted by Crippen LogP contribution is -2.38. The van der Waals surface area contributed by atoms with Crippen LogP contribution in [-0.2, 0) is 5.54 Å². The Balaban J connectivity index is 1.43. The lowest BCUT2D eigenvalue weighted by atomic mass is 9.77. The van der Waals surface area contributed by atoms with Crippen LogP contribution in [0.3, 0.4) is 0 Å². The maximum absolute atomic E-state index is 15.7. The van der Waals surface area contributed by atoms with E-state index in [1.54, 1.807) is 13.2 Å². The molecule has 0 radical (unpaired) electrons. The van der Waals surface area contributed by atoms with E-state index in [0.717, 1.165) is 22.8 Å². The van der Waals surface area contributed by atoms with E-state index in [4.69, 9.17) is 9.52 Å². The van der Waals surface area contributed by atoms with Gasteiger partial charge in [-0.3, -0.25) is 9.08 Å². The van der Waals surface area contributed by atoms with Crippen LogP contribution < -0.4 is 5.32 Å². The number of pyridine rings is 1. The van der Waals surface area contributed by atoms with Crippen molar-refractivity contribution in [3.63, 3.8) is 0 Å². The van der Waals surface area contributed by atoms with Gasteiger partial charge in [0.25, 0.3) is 5.89 Å². The first-order chi connectivity index (χ1) is 23.6. The molecule has 0 aliphatic heterocycles. The molecule has 0 spiro atoms. The van der Waals surface area contributed by atoms with E-state index in [0.29, 0.717) is 28.2 Å². The van der Waals surface area contributed by atoms with Crippen molar-refractivity contribution >= 4 is 11.7 Å². The normalized spacial score (nSPS) is 11.6. The zero-order valence-electron chi connectivity index (χ0n) is 25.6. The highest BCUT2D eigenvalue weighted by atomic mass is 19.1. The van der Waals surface area contributed by atoms with Crippen LogP contribution in [0.25, 0.3) is 39.6 Å². The van der Waals surface area contributed by atoms with Crippen LogP contribution in [0.2, 0.25) is 0 Å². The van der Waals surface area contributed by atoms with E-state index in [1.807, 2.05) is 88.2 Å². The van der Waals surface area contributed by atoms with Crippen LogP contribution in [0.5, 0.6) is 0 Å². The molecule has 0 amide bonds. The van der Waals surface area contributed by atoms with Crippen LogP contribution in [0.1, 0.15) is 16.7 Å². The highest BCUT2D eigenvalue weighted by Gasteiger charge is 2.40. The largest absolute Gasteiger partial charge is 0.402 e. The topological polar surface area (TPSA) is 86.1 Å². The number of nitrogens with one attached hydrogen (secondary N) is 1. The fourth-order valence-corrected chi connectivity index (χ4v) is 6.30. The summed E-state index contributed by atoms with van der Waals surface area (Å²) in [5, 5.41) is 16.2. The van der Waals surface area contributed by atoms with Crippen molar-refractivity contribution < 1.29 is 13.2 Å². The molecule has 234 valence electrons. The maximum Gasteiger partial charge on any atom is 0.315 e. The van der Waals surface area contributed by atoms with Gasteiger partial charge in [0.1, 0.15) is 34.2 Å². The Kier molecular flexibility index (Phi) is 7.10. The molecular formula is C38H27F2N7O. The van der Waals surface area contributed by atoms with E-state index in [1.165, 1.54) is 12.1 Å². The first-order valence-electron chi connectivity index (χ1n) is 15.3. The highest BCUT2D eigenvalue weighted by molar-refractivity contribution is 5.81. The van der Waals surface area contributed by atoms with Crippen molar-refractivity contribution in [3.8, 4) is 34.0 Å². The average molecular weight is 636 g/mol. The third-order valence-corrected chi connectivity index (χ3v) is 8.49. The minimum atomic E-state index is -0.967. The van der Waals surface area contributed by atoms with Crippen molar-refractivity contribution in [2.24, 2.45) is 0 Å². The van der Waals surface area contributed by atoms with Crippen molar-refractivity contribution in [1.82, 2.24) is 29.4 Å². The third-order valence-electron chi connectivity index (χ3n) is 8.49. The van der Waals surface area contributed by atoms with E-state index >= 15 is 4.39 Å². The summed E-state index contributed by atoms with van der Waals surface area (Å²) in [5.41, 5.74) is 4.95. The second kappa shape index (κ2) is 11.7. The lowest BCUT2D eigenvalue weighted by Gasteiger charge is -2.36. The van der Waals surface area contributed by atoms with Gasteiger partial charge in [0.05, 0.1) is 6.20 Å². The molecule has 4 aromatic heterocycles. The monoisotopic (exact) mass is 635 g/mol. The summed E-state index contributed by atoms with van der Waals surface area (Å²) in [5.74, 6) is -1.11. The number of rotatable bonds is 8. The zero-order valence-corrected chi connectivity index (χ0v) is 25.6. The summed E-state index contributed by atoms with van der Waals surface area (Å²) in [6.45, 7) is 0. The van der Waals surface area contributed by atoms with Crippen molar-refractivity contribution in [1.29, 1.82) is 0 Å². The smallest absolute Gasteiger partial charge is 0.315 e. The molecule has 8 aromatic rings. The lowest BCUT2D eigenvalue weighted by molar-refractivity contribution is 0.461. The number of aromatic nitrogens is 6. The molecule has 0 bridgehead atoms. The first kappa shape index (κ1) is 29.0. The van der Waals surface area contributed by atoms with Crippen LogP contribution in [-0.4, -0.2) is 36.4 Å². The molecule has 48 heavy (non-hydrogen) atoms. The molecular weight excluding hydrogens is 608 g/mol. The van der Waals surface area contributed by atoms with Crippen LogP contribution in [0.4, 0.5) is 14.8 Å². The second-order valence-corrected chi connectivity index (χ2v) is 11.2. The molecule has 10 heteroatoms. The summed E-state index contributed by atoms with van der Waals surface area (Å²) >= 11 is 0. The van der Waals surface area contributed by atoms with Gasteiger partial charge >= 0.3 is 6.01 Å². The van der Waals surface area contributed by atoms with Gasteiger partial charge in [0, 0.05) is 42.2 Å². The maximum atomic E-state index is 15.7. The number of hydrogen-bond donors (Lipinski definition) is 1. The molecule has 4 heterocycles. The predicted octanol–water partition coefficient (Wildman–Crippen LogP) is 8.07. The first-order valence-corrected chi connectivity index (χ1v) is 15.3. The van der Waals surface area contributed by atoms with Gasteiger partial charge in [-0.1, -0.05) is 96.1 Å². The minimum absolute atomic E-state index is 0.162. The Morgan fingerprint density at radius 2 is 1.35 bits per heavy atom. The van der Waals surface area contributed by atoms with Gasteiger partial charge in [-0.15, -0.1) is 5.10 Å². The van der Waals surface area contributed by atoms with Gasteiger partial charge in [-0.05, 0) is 41.0 Å². The number of nitrogens with zero attached hydrogens (tertiary/aromatic N) is 6. The van der Waals surface area contributed by atoms with Crippen LogP contribution in [0.15, 0.2) is 144 Å². The summed E-state index contributed by atoms with van der Waals surface area (Å²) in [6, 6.07) is 37.8. The Morgan fingerprint density at radius 3 is 1.94 bits per heavy atom.